The van der Waals surface area contributed by atoms with Gasteiger partial charge in [-0.25, -0.2) is 0 Å². The summed E-state index contributed by atoms with van der Waals surface area (Å²) in [5.41, 5.74) is 11.0. The van der Waals surface area contributed by atoms with E-state index in [2.05, 4.69) is 12.6 Å². The van der Waals surface area contributed by atoms with Crippen molar-refractivity contribution in [3.05, 3.63) is 0 Å². The Morgan fingerprint density at radius 2 is 1.31 bits per heavy atom. The van der Waals surface area contributed by atoms with E-state index in [1.54, 1.807) is 0 Å². The van der Waals surface area contributed by atoms with Crippen molar-refractivity contribution in [2.75, 3.05) is 37.3 Å². The summed E-state index contributed by atoms with van der Waals surface area (Å²) in [6.45, 7) is 1.67. The second-order valence-corrected chi connectivity index (χ2v) is 6.33. The minimum Gasteiger partial charge on any atom is -0.330 e. The summed E-state index contributed by atoms with van der Waals surface area (Å²) in [5, 5.41) is 0. The first-order valence-electron chi connectivity index (χ1n) is 5.08. The van der Waals surface area contributed by atoms with Crippen molar-refractivity contribution < 1.29 is 0 Å². The third kappa shape index (κ3) is 9.01. The van der Waals surface area contributed by atoms with Crippen LogP contribution in [0, 0.1) is 0 Å². The number of hydrogen-bond donors (Lipinski definition) is 3. The van der Waals surface area contributed by atoms with Crippen molar-refractivity contribution in [3.63, 3.8) is 0 Å². The Morgan fingerprint density at radius 3 is 1.69 bits per heavy atom. The van der Waals surface area contributed by atoms with Crippen molar-refractivity contribution in [3.8, 4) is 0 Å². The van der Waals surface area contributed by atoms with E-state index in [-0.39, 0.29) is 7.92 Å². The van der Waals surface area contributed by atoms with Gasteiger partial charge in [-0.2, -0.15) is 12.6 Å². The molecule has 0 aromatic heterocycles. The summed E-state index contributed by atoms with van der Waals surface area (Å²) in [7, 11) is 0.213. The Labute approximate surface area is 89.0 Å². The van der Waals surface area contributed by atoms with Crippen molar-refractivity contribution in [1.29, 1.82) is 0 Å². The van der Waals surface area contributed by atoms with Crippen molar-refractivity contribution in [2.24, 2.45) is 11.5 Å². The zero-order valence-electron chi connectivity index (χ0n) is 8.41. The summed E-state index contributed by atoms with van der Waals surface area (Å²) in [5.74, 6) is 1.02. The average molecular weight is 222 g/mol. The Bertz CT molecular complexity index is 84.6. The van der Waals surface area contributed by atoms with Crippen LogP contribution in [0.5, 0.6) is 0 Å². The first-order chi connectivity index (χ1) is 6.35. The Kier molecular flexibility index (Phi) is 11.4. The Morgan fingerprint density at radius 1 is 0.846 bits per heavy atom. The number of hydrogen-bond acceptors (Lipinski definition) is 3. The molecule has 4 N–H and O–H groups in total. The van der Waals surface area contributed by atoms with E-state index in [0.29, 0.717) is 0 Å². The Balaban J connectivity index is 3.47. The lowest BCUT2D eigenvalue weighted by Crippen LogP contribution is -2.06. The van der Waals surface area contributed by atoms with Crippen LogP contribution in [-0.4, -0.2) is 37.3 Å². The highest BCUT2D eigenvalue weighted by molar-refractivity contribution is 7.80. The molecule has 0 bridgehead atoms. The highest BCUT2D eigenvalue weighted by Crippen LogP contribution is 2.37. The van der Waals surface area contributed by atoms with Crippen LogP contribution in [0.1, 0.15) is 19.3 Å². The van der Waals surface area contributed by atoms with Gasteiger partial charge in [0.25, 0.3) is 0 Å². The fourth-order valence-electron chi connectivity index (χ4n) is 1.26. The lowest BCUT2D eigenvalue weighted by molar-refractivity contribution is 0.906. The SMILES string of the molecule is NCCCP(CCCN)CCCS. The molecule has 0 saturated heterocycles. The zero-order chi connectivity index (χ0) is 9.94. The molecule has 80 valence electrons. The fourth-order valence-corrected chi connectivity index (χ4v) is 4.20. The lowest BCUT2D eigenvalue weighted by atomic mass is 10.5. The number of nitrogens with two attached hydrogens (primary N) is 2. The summed E-state index contributed by atoms with van der Waals surface area (Å²) in [6.07, 6.45) is 7.65. The molecular formula is C9H23N2PS. The molecule has 0 spiro atoms. The number of rotatable bonds is 9. The second kappa shape index (κ2) is 10.8. The highest BCUT2D eigenvalue weighted by atomic mass is 32.1. The maximum atomic E-state index is 5.50. The molecule has 0 aliphatic heterocycles. The van der Waals surface area contributed by atoms with E-state index < -0.39 is 0 Å². The molecule has 0 rings (SSSR count). The molecule has 0 amide bonds. The van der Waals surface area contributed by atoms with Crippen molar-refractivity contribution >= 4 is 20.6 Å². The van der Waals surface area contributed by atoms with E-state index in [0.717, 1.165) is 18.8 Å². The predicted molar refractivity (Wildman–Crippen MR) is 67.3 cm³/mol. The smallest absolute Gasteiger partial charge is 0.00739 e. The standard InChI is InChI=1S/C9H23N2PS/c10-4-1-6-12(7-2-5-11)8-3-9-13/h13H,1-11H2. The molecule has 0 aromatic rings. The molecule has 0 radical (unpaired) electrons. The van der Waals surface area contributed by atoms with Gasteiger partial charge in [0.05, 0.1) is 0 Å². The van der Waals surface area contributed by atoms with Crippen LogP contribution in [0.4, 0.5) is 0 Å². The van der Waals surface area contributed by atoms with Crippen molar-refractivity contribution in [2.45, 2.75) is 19.3 Å². The van der Waals surface area contributed by atoms with E-state index in [1.807, 2.05) is 0 Å². The van der Waals surface area contributed by atoms with Gasteiger partial charge in [0, 0.05) is 0 Å². The van der Waals surface area contributed by atoms with Gasteiger partial charge in [0.15, 0.2) is 0 Å². The molecule has 0 saturated carbocycles. The quantitative estimate of drug-likeness (QED) is 0.409. The predicted octanol–water partition coefficient (Wildman–Crippen LogP) is 1.49. The summed E-state index contributed by atoms with van der Waals surface area (Å²) < 4.78 is 0. The molecule has 4 heteroatoms. The van der Waals surface area contributed by atoms with Crippen LogP contribution in [0.15, 0.2) is 0 Å². The summed E-state index contributed by atoms with van der Waals surface area (Å²) in [4.78, 5) is 0. The van der Waals surface area contributed by atoms with Gasteiger partial charge in [-0.1, -0.05) is 0 Å². The molecule has 0 heterocycles. The topological polar surface area (TPSA) is 52.0 Å². The normalized spacial score (nSPS) is 11.1. The summed E-state index contributed by atoms with van der Waals surface area (Å²) in [6, 6.07) is 0. The highest BCUT2D eigenvalue weighted by Gasteiger charge is 2.05. The van der Waals surface area contributed by atoms with Crippen LogP contribution in [0.2, 0.25) is 0 Å². The van der Waals surface area contributed by atoms with Crippen LogP contribution in [-0.2, 0) is 0 Å². The molecule has 0 aliphatic carbocycles. The van der Waals surface area contributed by atoms with Gasteiger partial charge in [-0.3, -0.25) is 0 Å². The molecule has 13 heavy (non-hydrogen) atoms. The van der Waals surface area contributed by atoms with Gasteiger partial charge in [0.1, 0.15) is 0 Å². The van der Waals surface area contributed by atoms with Gasteiger partial charge < -0.3 is 11.5 Å². The molecular weight excluding hydrogens is 199 g/mol. The van der Waals surface area contributed by atoms with Crippen LogP contribution >= 0.6 is 20.6 Å². The second-order valence-electron chi connectivity index (χ2n) is 3.20. The van der Waals surface area contributed by atoms with E-state index in [4.69, 9.17) is 11.5 Å². The lowest BCUT2D eigenvalue weighted by Gasteiger charge is -2.16. The average Bonchev–Trinajstić information content (AvgIpc) is 2.17. The van der Waals surface area contributed by atoms with Gasteiger partial charge in [0.2, 0.25) is 0 Å². The molecule has 2 nitrogen and oxygen atoms in total. The molecule has 0 aliphatic rings. The number of thiol groups is 1. The van der Waals surface area contributed by atoms with Crippen LogP contribution in [0.25, 0.3) is 0 Å². The molecule has 0 aromatic carbocycles. The molecule has 0 atom stereocenters. The first kappa shape index (κ1) is 13.7. The van der Waals surface area contributed by atoms with E-state index in [1.165, 1.54) is 37.7 Å². The monoisotopic (exact) mass is 222 g/mol. The summed E-state index contributed by atoms with van der Waals surface area (Å²) >= 11 is 4.24. The molecule has 0 unspecified atom stereocenters. The van der Waals surface area contributed by atoms with Crippen LogP contribution in [0.3, 0.4) is 0 Å². The van der Waals surface area contributed by atoms with Crippen molar-refractivity contribution in [1.82, 2.24) is 0 Å². The third-order valence-corrected chi connectivity index (χ3v) is 5.15. The van der Waals surface area contributed by atoms with E-state index >= 15 is 0 Å². The van der Waals surface area contributed by atoms with Crippen LogP contribution < -0.4 is 11.5 Å². The van der Waals surface area contributed by atoms with E-state index in [9.17, 15) is 0 Å². The zero-order valence-corrected chi connectivity index (χ0v) is 10.2. The maximum absolute atomic E-state index is 5.50. The fraction of sp³-hybridized carbons (Fsp3) is 1.00. The molecule has 0 fully saturated rings. The largest absolute Gasteiger partial charge is 0.330 e. The minimum absolute atomic E-state index is 0.213. The van der Waals surface area contributed by atoms with Gasteiger partial charge in [-0.15, -0.1) is 7.92 Å². The Hall–Kier alpha value is 0.700. The van der Waals surface area contributed by atoms with Gasteiger partial charge in [-0.05, 0) is 56.6 Å². The first-order valence-corrected chi connectivity index (χ1v) is 7.61. The maximum Gasteiger partial charge on any atom is -0.00739 e. The van der Waals surface area contributed by atoms with Gasteiger partial charge >= 0.3 is 0 Å². The third-order valence-electron chi connectivity index (χ3n) is 1.99. The minimum atomic E-state index is 0.213.